The zero-order chi connectivity index (χ0) is 15.4. The molecule has 3 rings (SSSR count). The van der Waals surface area contributed by atoms with Crippen LogP contribution in [0.5, 0.6) is 11.5 Å². The lowest BCUT2D eigenvalue weighted by Crippen LogP contribution is -2.45. The molecule has 0 radical (unpaired) electrons. The second-order valence-electron chi connectivity index (χ2n) is 5.35. The highest BCUT2D eigenvalue weighted by atomic mass is 35.5. The van der Waals surface area contributed by atoms with E-state index < -0.39 is 0 Å². The van der Waals surface area contributed by atoms with Crippen LogP contribution in [0, 0.1) is 0 Å². The topological polar surface area (TPSA) is 33.7 Å². The second kappa shape index (κ2) is 10.1. The van der Waals surface area contributed by atoms with Crippen LogP contribution in [0.15, 0.2) is 35.7 Å². The van der Waals surface area contributed by atoms with Gasteiger partial charge in [0.2, 0.25) is 0 Å². The number of ether oxygens (including phenoxy) is 2. The smallest absolute Gasteiger partial charge is 0.122 e. The van der Waals surface area contributed by atoms with Crippen LogP contribution < -0.4 is 14.8 Å². The van der Waals surface area contributed by atoms with Crippen molar-refractivity contribution in [1.29, 1.82) is 0 Å². The number of rotatable bonds is 5. The van der Waals surface area contributed by atoms with E-state index in [1.165, 1.54) is 10.4 Å². The van der Waals surface area contributed by atoms with E-state index in [9.17, 15) is 0 Å². The molecule has 1 aliphatic rings. The third-order valence-electron chi connectivity index (χ3n) is 4.02. The maximum Gasteiger partial charge on any atom is 0.122 e. The second-order valence-corrected chi connectivity index (χ2v) is 6.33. The Morgan fingerprint density at radius 3 is 2.17 bits per heavy atom. The van der Waals surface area contributed by atoms with Gasteiger partial charge in [-0.15, -0.1) is 36.2 Å². The van der Waals surface area contributed by atoms with E-state index in [0.717, 1.165) is 37.7 Å². The average Bonchev–Trinajstić information content (AvgIpc) is 3.10. The summed E-state index contributed by atoms with van der Waals surface area (Å²) >= 11 is 1.80. The summed E-state index contributed by atoms with van der Waals surface area (Å²) in [5.74, 6) is 1.68. The van der Waals surface area contributed by atoms with Crippen LogP contribution in [-0.4, -0.2) is 45.3 Å². The van der Waals surface area contributed by atoms with Crippen LogP contribution in [0.2, 0.25) is 0 Å². The quantitative estimate of drug-likeness (QED) is 0.845. The molecule has 0 aliphatic carbocycles. The maximum absolute atomic E-state index is 5.44. The van der Waals surface area contributed by atoms with Gasteiger partial charge >= 0.3 is 0 Å². The summed E-state index contributed by atoms with van der Waals surface area (Å²) < 4.78 is 10.9. The zero-order valence-electron chi connectivity index (χ0n) is 13.9. The molecule has 1 N–H and O–H groups in total. The fraction of sp³-hybridized carbons (Fsp3) is 0.412. The van der Waals surface area contributed by atoms with Crippen molar-refractivity contribution in [1.82, 2.24) is 10.2 Å². The van der Waals surface area contributed by atoms with Gasteiger partial charge in [-0.2, -0.15) is 0 Å². The van der Waals surface area contributed by atoms with E-state index in [2.05, 4.69) is 39.9 Å². The SMILES string of the molecule is COc1cc(OC)cc([C@@H](c2cccs2)N2CCNCC2)c1.Cl.Cl. The van der Waals surface area contributed by atoms with Gasteiger partial charge in [-0.05, 0) is 29.1 Å². The number of piperazine rings is 1. The Morgan fingerprint density at radius 2 is 1.67 bits per heavy atom. The monoisotopic (exact) mass is 390 g/mol. The molecule has 1 aromatic carbocycles. The molecule has 1 aliphatic heterocycles. The largest absolute Gasteiger partial charge is 0.497 e. The number of thiophene rings is 1. The minimum absolute atomic E-state index is 0. The number of hydrogen-bond acceptors (Lipinski definition) is 5. The normalized spacial score (nSPS) is 15.8. The Morgan fingerprint density at radius 1 is 1.04 bits per heavy atom. The van der Waals surface area contributed by atoms with Crippen molar-refractivity contribution in [3.63, 3.8) is 0 Å². The standard InChI is InChI=1S/C17H22N2O2S.2ClH/c1-20-14-10-13(11-15(12-14)21-2)17(16-4-3-9-22-16)19-7-5-18-6-8-19;;/h3-4,9-12,17-18H,5-8H2,1-2H3;2*1H/t17-;;/m0../s1. The van der Waals surface area contributed by atoms with E-state index in [0.29, 0.717) is 0 Å². The summed E-state index contributed by atoms with van der Waals surface area (Å²) in [6.07, 6.45) is 0. The first-order chi connectivity index (χ1) is 10.8. The molecule has 2 heterocycles. The van der Waals surface area contributed by atoms with Crippen molar-refractivity contribution in [2.75, 3.05) is 40.4 Å². The van der Waals surface area contributed by atoms with Crippen molar-refractivity contribution in [3.05, 3.63) is 46.2 Å². The lowest BCUT2D eigenvalue weighted by molar-refractivity contribution is 0.200. The molecule has 0 spiro atoms. The van der Waals surface area contributed by atoms with Gasteiger partial charge in [0.15, 0.2) is 0 Å². The summed E-state index contributed by atoms with van der Waals surface area (Å²) in [5.41, 5.74) is 1.22. The number of nitrogens with one attached hydrogen (secondary N) is 1. The van der Waals surface area contributed by atoms with Gasteiger partial charge in [0.1, 0.15) is 11.5 Å². The minimum atomic E-state index is 0. The highest BCUT2D eigenvalue weighted by Crippen LogP contribution is 2.35. The number of nitrogens with zero attached hydrogens (tertiary/aromatic N) is 1. The van der Waals surface area contributed by atoms with E-state index >= 15 is 0 Å². The Hall–Kier alpha value is -0.980. The summed E-state index contributed by atoms with van der Waals surface area (Å²) in [6, 6.07) is 10.7. The van der Waals surface area contributed by atoms with Crippen molar-refractivity contribution in [3.8, 4) is 11.5 Å². The fourth-order valence-corrected chi connectivity index (χ4v) is 3.81. The predicted molar refractivity (Wildman–Crippen MR) is 105 cm³/mol. The first-order valence-corrected chi connectivity index (χ1v) is 8.41. The number of methoxy groups -OCH3 is 2. The Labute approximate surface area is 160 Å². The summed E-state index contributed by atoms with van der Waals surface area (Å²) in [7, 11) is 3.40. The molecule has 24 heavy (non-hydrogen) atoms. The molecule has 2 aromatic rings. The molecule has 4 nitrogen and oxygen atoms in total. The average molecular weight is 391 g/mol. The molecule has 1 aromatic heterocycles. The molecule has 1 saturated heterocycles. The summed E-state index contributed by atoms with van der Waals surface area (Å²) in [5, 5.41) is 5.56. The minimum Gasteiger partial charge on any atom is -0.497 e. The van der Waals surface area contributed by atoms with Gasteiger partial charge in [0.25, 0.3) is 0 Å². The number of hydrogen-bond donors (Lipinski definition) is 1. The molecule has 134 valence electrons. The van der Waals surface area contributed by atoms with Gasteiger partial charge in [-0.25, -0.2) is 0 Å². The molecule has 0 bridgehead atoms. The van der Waals surface area contributed by atoms with Gasteiger partial charge in [-0.1, -0.05) is 6.07 Å². The molecular formula is C17H24Cl2N2O2S. The highest BCUT2D eigenvalue weighted by molar-refractivity contribution is 7.10. The van der Waals surface area contributed by atoms with Crippen LogP contribution in [0.3, 0.4) is 0 Å². The van der Waals surface area contributed by atoms with Crippen LogP contribution in [0.4, 0.5) is 0 Å². The first-order valence-electron chi connectivity index (χ1n) is 7.53. The van der Waals surface area contributed by atoms with Gasteiger partial charge in [-0.3, -0.25) is 4.90 Å². The van der Waals surface area contributed by atoms with E-state index in [4.69, 9.17) is 9.47 Å². The molecule has 1 atom stereocenters. The van der Waals surface area contributed by atoms with Gasteiger partial charge in [0.05, 0.1) is 20.3 Å². The van der Waals surface area contributed by atoms with Crippen LogP contribution in [0.25, 0.3) is 0 Å². The van der Waals surface area contributed by atoms with Gasteiger partial charge in [0, 0.05) is 37.1 Å². The third kappa shape index (κ3) is 4.77. The van der Waals surface area contributed by atoms with Crippen molar-refractivity contribution < 1.29 is 9.47 Å². The Kier molecular flexibility index (Phi) is 8.87. The lowest BCUT2D eigenvalue weighted by atomic mass is 10.0. The third-order valence-corrected chi connectivity index (χ3v) is 4.94. The van der Waals surface area contributed by atoms with E-state index in [-0.39, 0.29) is 30.9 Å². The van der Waals surface area contributed by atoms with Crippen LogP contribution in [-0.2, 0) is 0 Å². The Bertz CT molecular complexity index is 582. The van der Waals surface area contributed by atoms with Crippen molar-refractivity contribution >= 4 is 36.2 Å². The summed E-state index contributed by atoms with van der Waals surface area (Å²) in [6.45, 7) is 4.15. The van der Waals surface area contributed by atoms with E-state index in [1.54, 1.807) is 25.6 Å². The molecule has 0 saturated carbocycles. The lowest BCUT2D eigenvalue weighted by Gasteiger charge is -2.35. The fourth-order valence-electron chi connectivity index (χ4n) is 2.93. The Balaban J connectivity index is 0.00000144. The van der Waals surface area contributed by atoms with Crippen LogP contribution >= 0.6 is 36.2 Å². The van der Waals surface area contributed by atoms with Gasteiger partial charge < -0.3 is 14.8 Å². The molecule has 7 heteroatoms. The summed E-state index contributed by atoms with van der Waals surface area (Å²) in [4.78, 5) is 3.88. The predicted octanol–water partition coefficient (Wildman–Crippen LogP) is 3.60. The number of benzene rings is 1. The zero-order valence-corrected chi connectivity index (χ0v) is 16.3. The molecular weight excluding hydrogens is 367 g/mol. The van der Waals surface area contributed by atoms with Crippen LogP contribution in [0.1, 0.15) is 16.5 Å². The van der Waals surface area contributed by atoms with E-state index in [1.807, 2.05) is 6.07 Å². The maximum atomic E-state index is 5.44. The molecule has 0 unspecified atom stereocenters. The highest BCUT2D eigenvalue weighted by Gasteiger charge is 2.25. The number of halogens is 2. The van der Waals surface area contributed by atoms with Crippen molar-refractivity contribution in [2.45, 2.75) is 6.04 Å². The molecule has 1 fully saturated rings. The first kappa shape index (κ1) is 21.1. The molecule has 0 amide bonds. The van der Waals surface area contributed by atoms with Crippen molar-refractivity contribution in [2.24, 2.45) is 0 Å².